The Kier molecular flexibility index (Phi) is 5.93. The Hall–Kier alpha value is -3.74. The summed E-state index contributed by atoms with van der Waals surface area (Å²) in [6, 6.07) is 13.5. The van der Waals surface area contributed by atoms with Crippen molar-refractivity contribution in [3.63, 3.8) is 0 Å². The van der Waals surface area contributed by atoms with E-state index in [1.54, 1.807) is 6.20 Å². The molecule has 7 heteroatoms. The molecule has 0 atom stereocenters. The highest BCUT2D eigenvalue weighted by molar-refractivity contribution is 5.89. The Balaban J connectivity index is 1.50. The number of aliphatic imine (C=N–C) groups is 1. The highest BCUT2D eigenvalue weighted by Crippen LogP contribution is 2.28. The number of benzene rings is 2. The molecule has 31 heavy (non-hydrogen) atoms. The molecule has 4 rings (SSSR count). The van der Waals surface area contributed by atoms with Crippen LogP contribution in [0, 0.1) is 6.92 Å². The molecule has 0 spiro atoms. The first-order valence-electron chi connectivity index (χ1n) is 10.2. The molecule has 1 amide bonds. The van der Waals surface area contributed by atoms with Gasteiger partial charge >= 0.3 is 0 Å². The fourth-order valence-corrected chi connectivity index (χ4v) is 3.42. The van der Waals surface area contributed by atoms with E-state index in [1.165, 1.54) is 11.1 Å². The van der Waals surface area contributed by atoms with Crippen molar-refractivity contribution in [1.29, 1.82) is 0 Å². The second kappa shape index (κ2) is 8.95. The lowest BCUT2D eigenvalue weighted by molar-refractivity contribution is -0.123. The van der Waals surface area contributed by atoms with Crippen LogP contribution in [-0.2, 0) is 11.3 Å². The molecule has 0 fully saturated rings. The molecular formula is C24H25N5O2. The van der Waals surface area contributed by atoms with Crippen molar-refractivity contribution >= 4 is 23.6 Å². The maximum absolute atomic E-state index is 11.8. The Morgan fingerprint density at radius 1 is 1.19 bits per heavy atom. The van der Waals surface area contributed by atoms with Crippen molar-refractivity contribution < 1.29 is 9.53 Å². The van der Waals surface area contributed by atoms with Crippen molar-refractivity contribution in [3.8, 4) is 17.1 Å². The fourth-order valence-electron chi connectivity index (χ4n) is 3.42. The molecule has 1 aliphatic heterocycles. The van der Waals surface area contributed by atoms with Crippen LogP contribution in [0.1, 0.15) is 30.5 Å². The van der Waals surface area contributed by atoms with Crippen LogP contribution in [0.2, 0.25) is 0 Å². The molecule has 0 saturated heterocycles. The largest absolute Gasteiger partial charge is 0.484 e. The topological polar surface area (TPSA) is 88.5 Å². The van der Waals surface area contributed by atoms with E-state index in [0.717, 1.165) is 23.4 Å². The average Bonchev–Trinajstić information content (AvgIpc) is 3.24. The summed E-state index contributed by atoms with van der Waals surface area (Å²) < 4.78 is 5.62. The highest BCUT2D eigenvalue weighted by Gasteiger charge is 2.13. The zero-order valence-corrected chi connectivity index (χ0v) is 17.8. The number of nitrogens with zero attached hydrogens (tertiary/aromatic N) is 3. The molecule has 0 radical (unpaired) electrons. The predicted octanol–water partition coefficient (Wildman–Crippen LogP) is 4.03. The molecule has 158 valence electrons. The summed E-state index contributed by atoms with van der Waals surface area (Å²) in [5, 5.41) is 6.19. The van der Waals surface area contributed by atoms with Gasteiger partial charge in [-0.3, -0.25) is 9.79 Å². The Morgan fingerprint density at radius 3 is 2.90 bits per heavy atom. The third-order valence-electron chi connectivity index (χ3n) is 4.92. The van der Waals surface area contributed by atoms with E-state index in [0.29, 0.717) is 17.4 Å². The van der Waals surface area contributed by atoms with Gasteiger partial charge in [-0.15, -0.1) is 0 Å². The number of amides is 1. The normalized spacial score (nSPS) is 12.0. The number of anilines is 2. The first-order chi connectivity index (χ1) is 15.0. The summed E-state index contributed by atoms with van der Waals surface area (Å²) in [6.45, 7) is 6.61. The van der Waals surface area contributed by atoms with Gasteiger partial charge in [-0.05, 0) is 56.2 Å². The van der Waals surface area contributed by atoms with Crippen molar-refractivity contribution in [2.45, 2.75) is 33.4 Å². The van der Waals surface area contributed by atoms with Gasteiger partial charge in [0, 0.05) is 35.3 Å². The molecule has 1 aromatic heterocycles. The van der Waals surface area contributed by atoms with E-state index >= 15 is 0 Å². The van der Waals surface area contributed by atoms with E-state index < -0.39 is 0 Å². The quantitative estimate of drug-likeness (QED) is 0.608. The molecule has 0 bridgehead atoms. The van der Waals surface area contributed by atoms with Gasteiger partial charge in [-0.2, -0.15) is 0 Å². The molecule has 2 aromatic carbocycles. The summed E-state index contributed by atoms with van der Waals surface area (Å²) in [6.07, 6.45) is 3.65. The monoisotopic (exact) mass is 415 g/mol. The van der Waals surface area contributed by atoms with Crippen LogP contribution in [0.3, 0.4) is 0 Å². The van der Waals surface area contributed by atoms with E-state index in [1.807, 2.05) is 50.4 Å². The first-order valence-corrected chi connectivity index (χ1v) is 10.2. The Labute approximate surface area is 181 Å². The summed E-state index contributed by atoms with van der Waals surface area (Å²) in [4.78, 5) is 25.2. The number of aromatic nitrogens is 2. The van der Waals surface area contributed by atoms with Gasteiger partial charge in [0.25, 0.3) is 5.91 Å². The van der Waals surface area contributed by atoms with Crippen LogP contribution in [0.5, 0.6) is 5.75 Å². The minimum absolute atomic E-state index is 0.0367. The molecule has 3 aromatic rings. The molecule has 0 saturated carbocycles. The van der Waals surface area contributed by atoms with Crippen LogP contribution in [0.4, 0.5) is 11.5 Å². The number of hydrogen-bond donors (Lipinski definition) is 2. The number of nitrogens with one attached hydrogen (secondary N) is 2. The maximum atomic E-state index is 11.8. The summed E-state index contributed by atoms with van der Waals surface area (Å²) in [5.41, 5.74) is 5.36. The lowest BCUT2D eigenvalue weighted by Gasteiger charge is -2.13. The lowest BCUT2D eigenvalue weighted by atomic mass is 10.0. The van der Waals surface area contributed by atoms with Crippen LogP contribution >= 0.6 is 0 Å². The van der Waals surface area contributed by atoms with Gasteiger partial charge in [0.2, 0.25) is 0 Å². The van der Waals surface area contributed by atoms with E-state index in [-0.39, 0.29) is 18.6 Å². The van der Waals surface area contributed by atoms with E-state index in [4.69, 9.17) is 4.74 Å². The molecule has 0 aliphatic carbocycles. The van der Waals surface area contributed by atoms with Gasteiger partial charge in [-0.25, -0.2) is 9.97 Å². The summed E-state index contributed by atoms with van der Waals surface area (Å²) in [7, 11) is 0. The maximum Gasteiger partial charge on any atom is 0.258 e. The minimum atomic E-state index is -0.155. The van der Waals surface area contributed by atoms with Crippen LogP contribution < -0.4 is 15.4 Å². The number of ether oxygens (including phenoxy) is 1. The first kappa shape index (κ1) is 20.5. The second-order valence-electron chi connectivity index (χ2n) is 7.71. The lowest BCUT2D eigenvalue weighted by Crippen LogP contribution is -2.34. The van der Waals surface area contributed by atoms with Gasteiger partial charge in [0.05, 0.1) is 6.54 Å². The summed E-state index contributed by atoms with van der Waals surface area (Å²) >= 11 is 0. The van der Waals surface area contributed by atoms with Crippen molar-refractivity contribution in [2.24, 2.45) is 4.99 Å². The van der Waals surface area contributed by atoms with Crippen molar-refractivity contribution in [1.82, 2.24) is 15.3 Å². The standard InChI is InChI=1S/C24H25N5O2/c1-15(2)27-23(30)14-31-19-6-4-5-17(11-19)24-26-10-9-22(29-24)28-21-8-7-18-12-25-13-20(18)16(21)3/h4-11,13,15H,12,14H2,1-3H3,(H,27,30)(H,26,28,29). The second-order valence-corrected chi connectivity index (χ2v) is 7.71. The van der Waals surface area contributed by atoms with Crippen LogP contribution in [0.25, 0.3) is 11.4 Å². The third-order valence-corrected chi connectivity index (χ3v) is 4.92. The number of hydrogen-bond acceptors (Lipinski definition) is 6. The van der Waals surface area contributed by atoms with E-state index in [9.17, 15) is 4.79 Å². The fraction of sp³-hybridized carbons (Fsp3) is 0.250. The average molecular weight is 415 g/mol. The van der Waals surface area contributed by atoms with Gasteiger partial charge in [0.15, 0.2) is 12.4 Å². The van der Waals surface area contributed by atoms with Gasteiger partial charge < -0.3 is 15.4 Å². The molecule has 1 aliphatic rings. The summed E-state index contributed by atoms with van der Waals surface area (Å²) in [5.74, 6) is 1.71. The SMILES string of the molecule is Cc1c(Nc2ccnc(-c3cccc(OCC(=O)NC(C)C)c3)n2)ccc2c1C=NC2. The van der Waals surface area contributed by atoms with Crippen molar-refractivity contribution in [3.05, 3.63) is 65.4 Å². The molecule has 2 heterocycles. The van der Waals surface area contributed by atoms with Gasteiger partial charge in [-0.1, -0.05) is 18.2 Å². The van der Waals surface area contributed by atoms with Gasteiger partial charge in [0.1, 0.15) is 11.6 Å². The van der Waals surface area contributed by atoms with Crippen molar-refractivity contribution in [2.75, 3.05) is 11.9 Å². The Morgan fingerprint density at radius 2 is 2.06 bits per heavy atom. The number of carbonyl (C=O) groups excluding carboxylic acids is 1. The predicted molar refractivity (Wildman–Crippen MR) is 122 cm³/mol. The molecule has 2 N–H and O–H groups in total. The Bertz CT molecular complexity index is 1140. The minimum Gasteiger partial charge on any atom is -0.484 e. The molecule has 7 nitrogen and oxygen atoms in total. The third kappa shape index (κ3) is 4.88. The van der Waals surface area contributed by atoms with Crippen LogP contribution in [-0.4, -0.2) is 34.7 Å². The van der Waals surface area contributed by atoms with Crippen LogP contribution in [0.15, 0.2) is 53.7 Å². The zero-order chi connectivity index (χ0) is 21.8. The number of fused-ring (bicyclic) bond motifs is 1. The van der Waals surface area contributed by atoms with E-state index in [2.05, 4.69) is 44.7 Å². The number of rotatable bonds is 7. The number of carbonyl (C=O) groups is 1. The molecule has 0 unspecified atom stereocenters. The highest BCUT2D eigenvalue weighted by atomic mass is 16.5. The molecular weight excluding hydrogens is 390 g/mol. The zero-order valence-electron chi connectivity index (χ0n) is 17.8. The smallest absolute Gasteiger partial charge is 0.258 e.